The fourth-order valence-electron chi connectivity index (χ4n) is 10.8. The van der Waals surface area contributed by atoms with E-state index >= 15 is 0 Å². The lowest BCUT2D eigenvalue weighted by atomic mass is 9.82. The van der Waals surface area contributed by atoms with Crippen LogP contribution in [0.25, 0.3) is 22.3 Å². The number of carbonyl (C=O) groups is 1. The second kappa shape index (κ2) is 36.4. The number of esters is 1. The first-order valence-electron chi connectivity index (χ1n) is 30.9. The van der Waals surface area contributed by atoms with Crippen LogP contribution in [0.2, 0.25) is 0 Å². The molecule has 2 aliphatic carbocycles. The number of benzene rings is 6. The molecule has 2 fully saturated rings. The van der Waals surface area contributed by atoms with E-state index in [4.69, 9.17) is 37.9 Å². The van der Waals surface area contributed by atoms with Gasteiger partial charge in [-0.15, -0.1) is 0 Å². The number of unbranched alkanes of at least 4 members (excludes halogenated alkanes) is 6. The average Bonchev–Trinajstić information content (AvgIpc) is 3.52. The molecule has 6 aromatic rings. The minimum absolute atomic E-state index is 0.0292. The van der Waals surface area contributed by atoms with Crippen molar-refractivity contribution in [3.63, 3.8) is 0 Å². The van der Waals surface area contributed by atoms with Crippen LogP contribution in [-0.2, 0) is 18.9 Å². The zero-order chi connectivity index (χ0) is 57.4. The van der Waals surface area contributed by atoms with Crippen molar-refractivity contribution in [3.05, 3.63) is 168 Å². The summed E-state index contributed by atoms with van der Waals surface area (Å²) < 4.78 is 60.4. The fraction of sp³-hybridized carbons (Fsp3) is 0.486. The third kappa shape index (κ3) is 22.9. The number of carbonyl (C=O) groups excluding carboxylic acids is 1. The van der Waals surface area contributed by atoms with Gasteiger partial charge in [0.05, 0.1) is 38.1 Å². The summed E-state index contributed by atoms with van der Waals surface area (Å²) >= 11 is 0. The normalized spacial score (nSPS) is 16.8. The molecule has 82 heavy (non-hydrogen) atoms. The van der Waals surface area contributed by atoms with Gasteiger partial charge < -0.3 is 37.9 Å². The van der Waals surface area contributed by atoms with Crippen LogP contribution < -0.4 is 18.9 Å². The van der Waals surface area contributed by atoms with Gasteiger partial charge in [-0.3, -0.25) is 0 Å². The first-order valence-corrected chi connectivity index (χ1v) is 30.9. The van der Waals surface area contributed by atoms with Crippen LogP contribution in [0.5, 0.6) is 23.0 Å². The summed E-state index contributed by atoms with van der Waals surface area (Å²) in [5.41, 5.74) is 8.46. The highest BCUT2D eigenvalue weighted by molar-refractivity contribution is 5.89. The van der Waals surface area contributed by atoms with Crippen molar-refractivity contribution in [2.45, 2.75) is 161 Å². The first kappa shape index (κ1) is 63.4. The predicted molar refractivity (Wildman–Crippen MR) is 329 cm³/mol. The van der Waals surface area contributed by atoms with Crippen LogP contribution in [0.3, 0.4) is 0 Å². The molecule has 2 saturated carbocycles. The number of methoxy groups -OCH3 is 1. The number of hydrogen-bond acceptors (Lipinski definition) is 9. The molecule has 9 nitrogen and oxygen atoms in total. The second-order valence-corrected chi connectivity index (χ2v) is 22.3. The fourth-order valence-corrected chi connectivity index (χ4v) is 10.8. The van der Waals surface area contributed by atoms with E-state index < -0.39 is 0 Å². The van der Waals surface area contributed by atoms with Gasteiger partial charge in [0.1, 0.15) is 23.4 Å². The molecule has 0 radical (unpaired) electrons. The Bertz CT molecular complexity index is 2660. The zero-order valence-electron chi connectivity index (χ0n) is 49.7. The maximum Gasteiger partial charge on any atom is 0.338 e. The third-order valence-electron chi connectivity index (χ3n) is 15.8. The van der Waals surface area contributed by atoms with E-state index in [0.717, 1.165) is 157 Å². The number of aryl methyl sites for hydroxylation is 2. The van der Waals surface area contributed by atoms with Crippen molar-refractivity contribution in [3.8, 4) is 45.3 Å². The lowest BCUT2D eigenvalue weighted by Gasteiger charge is -2.28. The highest BCUT2D eigenvalue weighted by Gasteiger charge is 2.26. The Morgan fingerprint density at radius 1 is 0.463 bits per heavy atom. The van der Waals surface area contributed by atoms with E-state index in [2.05, 4.69) is 91.9 Å². The van der Waals surface area contributed by atoms with Crippen molar-refractivity contribution in [2.24, 2.45) is 5.92 Å². The Morgan fingerprint density at radius 2 is 0.939 bits per heavy atom. The van der Waals surface area contributed by atoms with E-state index in [1.807, 2.05) is 56.3 Å². The molecule has 0 saturated heterocycles. The highest BCUT2D eigenvalue weighted by atomic mass is 19.1. The Labute approximate surface area is 490 Å². The van der Waals surface area contributed by atoms with E-state index in [1.54, 1.807) is 19.2 Å². The molecule has 0 spiro atoms. The number of halogens is 1. The molecule has 8 rings (SSSR count). The largest absolute Gasteiger partial charge is 0.494 e. The molecule has 0 atom stereocenters. The lowest BCUT2D eigenvalue weighted by molar-refractivity contribution is 0.0147. The molecular formula is C72H93FO9. The maximum atomic E-state index is 14.7. The summed E-state index contributed by atoms with van der Waals surface area (Å²) in [5, 5.41) is 0. The van der Waals surface area contributed by atoms with Crippen molar-refractivity contribution >= 4 is 5.97 Å². The van der Waals surface area contributed by atoms with Crippen LogP contribution >= 0.6 is 0 Å². The van der Waals surface area contributed by atoms with Crippen LogP contribution in [0.15, 0.2) is 140 Å². The summed E-state index contributed by atoms with van der Waals surface area (Å²) in [6.45, 7) is 12.1. The second-order valence-electron chi connectivity index (χ2n) is 22.3. The van der Waals surface area contributed by atoms with Crippen molar-refractivity contribution in [1.29, 1.82) is 0 Å². The summed E-state index contributed by atoms with van der Waals surface area (Å²) in [6.07, 6.45) is 21.2. The monoisotopic (exact) mass is 1120 g/mol. The van der Waals surface area contributed by atoms with Gasteiger partial charge in [-0.2, -0.15) is 0 Å². The SMILES string of the molecule is CCOCCCCCCOc1ccc(-c2ccc(C3CCC(OC(=O)c4ccc(C)cc4)CC3)cc2)cc1F.COCCCOc1ccc(-c2ccc(OCCCCCCOC3CCC(CCCOc4ccc(C)cc4)CC3)cc2)cc1. The van der Waals surface area contributed by atoms with Gasteiger partial charge in [0.15, 0.2) is 11.6 Å². The van der Waals surface area contributed by atoms with Gasteiger partial charge in [0.25, 0.3) is 0 Å². The van der Waals surface area contributed by atoms with E-state index in [-0.39, 0.29) is 17.9 Å². The third-order valence-corrected chi connectivity index (χ3v) is 15.8. The molecule has 2 aliphatic rings. The van der Waals surface area contributed by atoms with Gasteiger partial charge in [0.2, 0.25) is 0 Å². The minimum Gasteiger partial charge on any atom is -0.494 e. The van der Waals surface area contributed by atoms with E-state index in [1.165, 1.54) is 67.2 Å². The molecule has 442 valence electrons. The summed E-state index contributed by atoms with van der Waals surface area (Å²) in [6, 6.07) is 46.1. The Morgan fingerprint density at radius 3 is 1.51 bits per heavy atom. The van der Waals surface area contributed by atoms with E-state index in [0.29, 0.717) is 36.5 Å². The van der Waals surface area contributed by atoms with Crippen LogP contribution in [0.1, 0.15) is 162 Å². The quantitative estimate of drug-likeness (QED) is 0.0295. The average molecular weight is 1120 g/mol. The van der Waals surface area contributed by atoms with Crippen LogP contribution in [-0.4, -0.2) is 78.1 Å². The molecule has 0 N–H and O–H groups in total. The van der Waals surface area contributed by atoms with Gasteiger partial charge in [-0.1, -0.05) is 103 Å². The van der Waals surface area contributed by atoms with Crippen LogP contribution in [0.4, 0.5) is 4.39 Å². The standard InChI is InChI=1S/C38H52O5.C34H41FO4/c1-31-10-18-35(19-11-31)42-29-7-9-32-12-20-36(21-13-32)40-27-5-3-4-6-28-41-37-22-14-33(15-23-37)34-16-24-38(25-17-34)43-30-8-26-39-2;1-3-37-22-6-4-5-7-23-38-33-21-18-30(24-32(33)35)28-14-12-26(13-15-28)27-16-19-31(20-17-27)39-34(36)29-10-8-25(2)9-11-29/h10-11,14-19,22-25,32,36H,3-9,12-13,20-21,26-30H2,1-2H3;8-15,18,21,24,27,31H,3-7,16-17,19-20,22-23H2,1-2H3. The number of rotatable bonds is 33. The summed E-state index contributed by atoms with van der Waals surface area (Å²) in [7, 11) is 1.71. The van der Waals surface area contributed by atoms with Gasteiger partial charge in [-0.05, 0) is 224 Å². The highest BCUT2D eigenvalue weighted by Crippen LogP contribution is 2.36. The topological polar surface area (TPSA) is 90.9 Å². The predicted octanol–water partition coefficient (Wildman–Crippen LogP) is 18.1. The molecule has 0 heterocycles. The molecule has 10 heteroatoms. The van der Waals surface area contributed by atoms with Crippen molar-refractivity contribution in [2.75, 3.05) is 60.0 Å². The molecule has 0 aliphatic heterocycles. The van der Waals surface area contributed by atoms with Crippen molar-refractivity contribution < 1.29 is 47.1 Å². The molecule has 0 unspecified atom stereocenters. The maximum absolute atomic E-state index is 14.7. The molecule has 0 aromatic heterocycles. The summed E-state index contributed by atoms with van der Waals surface area (Å²) in [4.78, 5) is 12.5. The van der Waals surface area contributed by atoms with E-state index in [9.17, 15) is 9.18 Å². The Hall–Kier alpha value is -6.20. The summed E-state index contributed by atoms with van der Waals surface area (Å²) in [5.74, 6) is 3.83. The smallest absolute Gasteiger partial charge is 0.338 e. The minimum atomic E-state index is -0.327. The molecular weight excluding hydrogens is 1030 g/mol. The number of hydrogen-bond donors (Lipinski definition) is 0. The lowest BCUT2D eigenvalue weighted by Crippen LogP contribution is -2.24. The van der Waals surface area contributed by atoms with Crippen LogP contribution in [0, 0.1) is 25.6 Å². The Kier molecular flexibility index (Phi) is 28.1. The van der Waals surface area contributed by atoms with Gasteiger partial charge >= 0.3 is 5.97 Å². The zero-order valence-corrected chi connectivity index (χ0v) is 49.7. The Balaban J connectivity index is 0.000000237. The first-order chi connectivity index (χ1) is 40.2. The van der Waals surface area contributed by atoms with Crippen molar-refractivity contribution in [1.82, 2.24) is 0 Å². The number of ether oxygens (including phenoxy) is 8. The molecule has 0 bridgehead atoms. The van der Waals surface area contributed by atoms with Gasteiger partial charge in [-0.25, -0.2) is 9.18 Å². The molecule has 6 aromatic carbocycles. The van der Waals surface area contributed by atoms with Gasteiger partial charge in [0, 0.05) is 40.0 Å². The molecule has 0 amide bonds.